The Labute approximate surface area is 77.6 Å². The predicted molar refractivity (Wildman–Crippen MR) is 55.8 cm³/mol. The molecule has 1 aliphatic rings. The number of thioether (sulfide) groups is 1. The van der Waals surface area contributed by atoms with E-state index in [1.165, 1.54) is 10.5 Å². The molecule has 1 N–H and O–H groups in total. The highest BCUT2D eigenvalue weighted by molar-refractivity contribution is 8.25. The maximum Gasteiger partial charge on any atom is 0.138 e. The molecule has 0 aliphatic carbocycles. The summed E-state index contributed by atoms with van der Waals surface area (Å²) >= 11 is 6.75. The average molecular weight is 187 g/mol. The van der Waals surface area contributed by atoms with Gasteiger partial charge >= 0.3 is 0 Å². The minimum absolute atomic E-state index is 0.0480. The van der Waals surface area contributed by atoms with Crippen molar-refractivity contribution in [2.24, 2.45) is 0 Å². The second-order valence-corrected chi connectivity index (χ2v) is 5.21. The van der Waals surface area contributed by atoms with E-state index < -0.39 is 0 Å². The molecule has 11 heavy (non-hydrogen) atoms. The minimum Gasteiger partial charge on any atom is -0.362 e. The Bertz CT molecular complexity index is 228. The fraction of sp³-hybridized carbons (Fsp3) is 0.625. The van der Waals surface area contributed by atoms with Gasteiger partial charge in [-0.25, -0.2) is 0 Å². The van der Waals surface area contributed by atoms with E-state index in [-0.39, 0.29) is 5.54 Å². The van der Waals surface area contributed by atoms with Gasteiger partial charge < -0.3 is 5.32 Å². The molecule has 0 unspecified atom stereocenters. The number of nitrogens with one attached hydrogen (secondary N) is 1. The van der Waals surface area contributed by atoms with Gasteiger partial charge in [-0.05, 0) is 38.2 Å². The third-order valence-electron chi connectivity index (χ3n) is 2.13. The molecule has 0 bridgehead atoms. The topological polar surface area (TPSA) is 12.0 Å². The van der Waals surface area contributed by atoms with Crippen molar-refractivity contribution in [3.05, 3.63) is 10.5 Å². The first-order chi connectivity index (χ1) is 4.93. The summed E-state index contributed by atoms with van der Waals surface area (Å²) in [4.78, 5) is 1.33. The fourth-order valence-electron chi connectivity index (χ4n) is 1.03. The monoisotopic (exact) mass is 187 g/mol. The van der Waals surface area contributed by atoms with Gasteiger partial charge in [0, 0.05) is 0 Å². The van der Waals surface area contributed by atoms with Gasteiger partial charge in [0.1, 0.15) is 4.32 Å². The van der Waals surface area contributed by atoms with Crippen LogP contribution in [0.2, 0.25) is 0 Å². The molecule has 3 heteroatoms. The number of rotatable bonds is 0. The van der Waals surface area contributed by atoms with Crippen molar-refractivity contribution in [2.45, 2.75) is 33.2 Å². The maximum absolute atomic E-state index is 5.10. The second-order valence-electron chi connectivity index (χ2n) is 3.32. The van der Waals surface area contributed by atoms with Crippen LogP contribution in [0, 0.1) is 0 Å². The first kappa shape index (κ1) is 9.07. The quantitative estimate of drug-likeness (QED) is 0.586. The Hall–Kier alpha value is -0.0200. The van der Waals surface area contributed by atoms with Gasteiger partial charge in [-0.15, -0.1) is 0 Å². The molecule has 0 saturated heterocycles. The third kappa shape index (κ3) is 1.76. The van der Waals surface area contributed by atoms with Gasteiger partial charge in [-0.3, -0.25) is 0 Å². The third-order valence-corrected chi connectivity index (χ3v) is 3.38. The zero-order chi connectivity index (χ0) is 8.65. The van der Waals surface area contributed by atoms with Crippen LogP contribution in [0.5, 0.6) is 0 Å². The van der Waals surface area contributed by atoms with Crippen LogP contribution >= 0.6 is 24.0 Å². The molecule has 0 aromatic rings. The van der Waals surface area contributed by atoms with E-state index in [1.807, 2.05) is 0 Å². The first-order valence-electron chi connectivity index (χ1n) is 3.61. The van der Waals surface area contributed by atoms with Gasteiger partial charge in [0.05, 0.1) is 5.54 Å². The van der Waals surface area contributed by atoms with Crippen LogP contribution in [0.1, 0.15) is 27.7 Å². The summed E-state index contributed by atoms with van der Waals surface area (Å²) in [6, 6.07) is 0. The lowest BCUT2D eigenvalue weighted by molar-refractivity contribution is 0.544. The van der Waals surface area contributed by atoms with Crippen molar-refractivity contribution in [2.75, 3.05) is 0 Å². The molecule has 0 aromatic heterocycles. The Kier molecular flexibility index (Phi) is 2.30. The maximum atomic E-state index is 5.10. The van der Waals surface area contributed by atoms with Crippen molar-refractivity contribution < 1.29 is 0 Å². The fourth-order valence-corrected chi connectivity index (χ4v) is 2.65. The standard InChI is InChI=1S/C8H13NS2/c1-5-6(2)11-7(10)9-8(5,3)4/h1-4H3,(H,9,10). The largest absolute Gasteiger partial charge is 0.362 e. The summed E-state index contributed by atoms with van der Waals surface area (Å²) in [5, 5.41) is 3.27. The predicted octanol–water partition coefficient (Wildman–Crippen LogP) is 2.68. The van der Waals surface area contributed by atoms with Gasteiger partial charge in [0.25, 0.3) is 0 Å². The highest BCUT2D eigenvalue weighted by Crippen LogP contribution is 2.32. The number of hydrogen-bond acceptors (Lipinski definition) is 2. The number of thiocarbonyl (C=S) groups is 1. The van der Waals surface area contributed by atoms with E-state index in [0.29, 0.717) is 0 Å². The van der Waals surface area contributed by atoms with E-state index in [2.05, 4.69) is 33.0 Å². The highest BCUT2D eigenvalue weighted by atomic mass is 32.2. The van der Waals surface area contributed by atoms with E-state index in [1.54, 1.807) is 11.8 Å². The van der Waals surface area contributed by atoms with E-state index in [4.69, 9.17) is 12.2 Å². The van der Waals surface area contributed by atoms with E-state index in [9.17, 15) is 0 Å². The van der Waals surface area contributed by atoms with Crippen molar-refractivity contribution in [1.29, 1.82) is 0 Å². The lowest BCUT2D eigenvalue weighted by Crippen LogP contribution is -2.45. The molecule has 0 amide bonds. The number of allylic oxidation sites excluding steroid dienone is 1. The van der Waals surface area contributed by atoms with Crippen LogP contribution in [-0.2, 0) is 0 Å². The molecular weight excluding hydrogens is 174 g/mol. The lowest BCUT2D eigenvalue weighted by atomic mass is 9.95. The normalized spacial score (nSPS) is 23.5. The molecule has 0 aromatic carbocycles. The Morgan fingerprint density at radius 3 is 2.36 bits per heavy atom. The molecule has 0 spiro atoms. The summed E-state index contributed by atoms with van der Waals surface area (Å²) in [6.07, 6.45) is 0. The Morgan fingerprint density at radius 2 is 1.91 bits per heavy atom. The zero-order valence-corrected chi connectivity index (χ0v) is 8.95. The summed E-state index contributed by atoms with van der Waals surface area (Å²) in [7, 11) is 0. The smallest absolute Gasteiger partial charge is 0.138 e. The van der Waals surface area contributed by atoms with Gasteiger partial charge in [0.15, 0.2) is 0 Å². The van der Waals surface area contributed by atoms with Crippen LogP contribution in [0.15, 0.2) is 10.5 Å². The molecule has 1 heterocycles. The highest BCUT2D eigenvalue weighted by Gasteiger charge is 2.27. The molecule has 1 rings (SSSR count). The average Bonchev–Trinajstić information content (AvgIpc) is 1.81. The van der Waals surface area contributed by atoms with Crippen molar-refractivity contribution in [1.82, 2.24) is 5.32 Å². The Balaban J connectivity index is 3.02. The zero-order valence-electron chi connectivity index (χ0n) is 7.32. The molecular formula is C8H13NS2. The molecule has 0 atom stereocenters. The SMILES string of the molecule is CC1=C(C)C(C)(C)NC(=S)S1. The van der Waals surface area contributed by atoms with Gasteiger partial charge in [-0.1, -0.05) is 24.0 Å². The first-order valence-corrected chi connectivity index (χ1v) is 4.84. The van der Waals surface area contributed by atoms with Crippen molar-refractivity contribution >= 4 is 28.3 Å². The Morgan fingerprint density at radius 1 is 1.36 bits per heavy atom. The number of hydrogen-bond donors (Lipinski definition) is 1. The minimum atomic E-state index is 0.0480. The molecule has 1 nitrogen and oxygen atoms in total. The van der Waals surface area contributed by atoms with Crippen LogP contribution in [0.4, 0.5) is 0 Å². The van der Waals surface area contributed by atoms with Crippen LogP contribution < -0.4 is 5.32 Å². The summed E-state index contributed by atoms with van der Waals surface area (Å²) in [5.74, 6) is 0. The molecule has 1 aliphatic heterocycles. The molecule has 0 fully saturated rings. The summed E-state index contributed by atoms with van der Waals surface area (Å²) in [6.45, 7) is 8.57. The lowest BCUT2D eigenvalue weighted by Gasteiger charge is -2.34. The molecule has 62 valence electrons. The summed E-state index contributed by atoms with van der Waals surface area (Å²) < 4.78 is 0.887. The van der Waals surface area contributed by atoms with Crippen molar-refractivity contribution in [3.8, 4) is 0 Å². The van der Waals surface area contributed by atoms with Crippen LogP contribution in [0.25, 0.3) is 0 Å². The van der Waals surface area contributed by atoms with Crippen molar-refractivity contribution in [3.63, 3.8) is 0 Å². The van der Waals surface area contributed by atoms with Gasteiger partial charge in [-0.2, -0.15) is 0 Å². The summed E-state index contributed by atoms with van der Waals surface area (Å²) in [5.41, 5.74) is 1.43. The van der Waals surface area contributed by atoms with E-state index in [0.717, 1.165) is 4.32 Å². The van der Waals surface area contributed by atoms with Crippen LogP contribution in [0.3, 0.4) is 0 Å². The second kappa shape index (κ2) is 2.79. The van der Waals surface area contributed by atoms with Gasteiger partial charge in [0.2, 0.25) is 0 Å². The molecule has 0 saturated carbocycles. The van der Waals surface area contributed by atoms with E-state index >= 15 is 0 Å². The van der Waals surface area contributed by atoms with Crippen LogP contribution in [-0.4, -0.2) is 9.86 Å². The molecule has 0 radical (unpaired) electrons.